The average molecular weight is 206 g/mol. The van der Waals surface area contributed by atoms with Crippen molar-refractivity contribution in [2.45, 2.75) is 19.0 Å². The lowest BCUT2D eigenvalue weighted by molar-refractivity contribution is -0.158. The van der Waals surface area contributed by atoms with E-state index in [4.69, 9.17) is 5.21 Å². The molecule has 1 atom stereocenters. The van der Waals surface area contributed by atoms with Crippen molar-refractivity contribution in [2.24, 2.45) is 0 Å². The molecule has 1 aliphatic rings. The highest BCUT2D eigenvalue weighted by atomic mass is 16.5. The highest BCUT2D eigenvalue weighted by molar-refractivity contribution is 5.82. The molecule has 1 aliphatic heterocycles. The predicted molar refractivity (Wildman–Crippen MR) is 55.2 cm³/mol. The van der Waals surface area contributed by atoms with Crippen LogP contribution in [-0.2, 0) is 11.3 Å². The zero-order chi connectivity index (χ0) is 10.7. The third-order valence-corrected chi connectivity index (χ3v) is 2.58. The molecule has 4 nitrogen and oxygen atoms in total. The Morgan fingerprint density at radius 1 is 1.40 bits per heavy atom. The van der Waals surface area contributed by atoms with Crippen LogP contribution in [0.15, 0.2) is 30.3 Å². The first kappa shape index (κ1) is 10.1. The number of nitrogens with zero attached hydrogens (tertiary/aromatic N) is 1. The number of amides is 1. The first-order valence-corrected chi connectivity index (χ1v) is 5.05. The lowest BCUT2D eigenvalue weighted by atomic mass is 10.2. The minimum Gasteiger partial charge on any atom is -0.302 e. The van der Waals surface area contributed by atoms with Crippen molar-refractivity contribution in [3.05, 3.63) is 35.9 Å². The largest absolute Gasteiger partial charge is 0.302 e. The van der Waals surface area contributed by atoms with Crippen molar-refractivity contribution >= 4 is 5.91 Å². The Bertz CT molecular complexity index is 340. The Hall–Kier alpha value is -1.39. The molecule has 1 fully saturated rings. The lowest BCUT2D eigenvalue weighted by Crippen LogP contribution is -2.36. The van der Waals surface area contributed by atoms with Gasteiger partial charge < -0.3 is 5.32 Å². The maximum Gasteiger partial charge on any atom is 0.263 e. The molecule has 0 aromatic heterocycles. The molecule has 0 bridgehead atoms. The summed E-state index contributed by atoms with van der Waals surface area (Å²) in [6.45, 7) is 1.08. The van der Waals surface area contributed by atoms with Gasteiger partial charge in [-0.1, -0.05) is 30.3 Å². The second kappa shape index (κ2) is 4.42. The van der Waals surface area contributed by atoms with Crippen LogP contribution < -0.4 is 5.32 Å². The fourth-order valence-corrected chi connectivity index (χ4v) is 1.69. The van der Waals surface area contributed by atoms with E-state index in [1.54, 1.807) is 0 Å². The molecule has 1 saturated heterocycles. The van der Waals surface area contributed by atoms with E-state index in [0.29, 0.717) is 19.5 Å². The third kappa shape index (κ3) is 2.34. The van der Waals surface area contributed by atoms with Crippen LogP contribution in [-0.4, -0.2) is 28.8 Å². The van der Waals surface area contributed by atoms with Crippen molar-refractivity contribution in [2.75, 3.05) is 6.54 Å². The van der Waals surface area contributed by atoms with Crippen molar-refractivity contribution in [1.29, 1.82) is 0 Å². The van der Waals surface area contributed by atoms with Gasteiger partial charge in [0.25, 0.3) is 5.91 Å². The molecule has 2 N–H and O–H groups in total. The second-order valence-corrected chi connectivity index (χ2v) is 3.67. The summed E-state index contributed by atoms with van der Waals surface area (Å²) in [7, 11) is 0. The number of carbonyl (C=O) groups is 1. The number of hydrogen-bond acceptors (Lipinski definition) is 3. The van der Waals surface area contributed by atoms with Gasteiger partial charge in [-0.15, -0.1) is 0 Å². The number of benzene rings is 1. The standard InChI is InChI=1S/C11H14N2O2/c14-11-10(6-7-13(11)15)12-8-9-4-2-1-3-5-9/h1-5,10,12,15H,6-8H2. The minimum atomic E-state index is -0.241. The molecule has 1 amide bonds. The van der Waals surface area contributed by atoms with Crippen molar-refractivity contribution < 1.29 is 10.0 Å². The van der Waals surface area contributed by atoms with Gasteiger partial charge in [0.15, 0.2) is 0 Å². The fraction of sp³-hybridized carbons (Fsp3) is 0.364. The van der Waals surface area contributed by atoms with E-state index in [-0.39, 0.29) is 11.9 Å². The van der Waals surface area contributed by atoms with E-state index in [1.165, 1.54) is 0 Å². The Labute approximate surface area is 88.5 Å². The van der Waals surface area contributed by atoms with Gasteiger partial charge >= 0.3 is 0 Å². The monoisotopic (exact) mass is 206 g/mol. The topological polar surface area (TPSA) is 52.6 Å². The van der Waals surface area contributed by atoms with Crippen LogP contribution in [0.1, 0.15) is 12.0 Å². The number of rotatable bonds is 3. The highest BCUT2D eigenvalue weighted by Gasteiger charge is 2.29. The van der Waals surface area contributed by atoms with Gasteiger partial charge in [0.05, 0.1) is 12.6 Å². The van der Waals surface area contributed by atoms with E-state index in [1.807, 2.05) is 30.3 Å². The smallest absolute Gasteiger partial charge is 0.263 e. The van der Waals surface area contributed by atoms with Crippen LogP contribution in [0, 0.1) is 0 Å². The van der Waals surface area contributed by atoms with E-state index in [2.05, 4.69) is 5.32 Å². The summed E-state index contributed by atoms with van der Waals surface area (Å²) in [6.07, 6.45) is 0.669. The molecule has 0 spiro atoms. The predicted octanol–water partition coefficient (Wildman–Crippen LogP) is 0.766. The van der Waals surface area contributed by atoms with Crippen molar-refractivity contribution in [3.63, 3.8) is 0 Å². The van der Waals surface area contributed by atoms with Gasteiger partial charge in [-0.25, -0.2) is 5.06 Å². The average Bonchev–Trinajstić information content (AvgIpc) is 2.59. The van der Waals surface area contributed by atoms with Gasteiger partial charge in [0.2, 0.25) is 0 Å². The normalized spacial score (nSPS) is 21.0. The Morgan fingerprint density at radius 3 is 2.73 bits per heavy atom. The summed E-state index contributed by atoms with van der Waals surface area (Å²) in [4.78, 5) is 11.3. The van der Waals surface area contributed by atoms with Crippen LogP contribution >= 0.6 is 0 Å². The van der Waals surface area contributed by atoms with Crippen LogP contribution in [0.2, 0.25) is 0 Å². The molecule has 15 heavy (non-hydrogen) atoms. The van der Waals surface area contributed by atoms with Gasteiger partial charge in [-0.2, -0.15) is 0 Å². The minimum absolute atomic E-state index is 0.231. The fourth-order valence-electron chi connectivity index (χ4n) is 1.69. The summed E-state index contributed by atoms with van der Waals surface area (Å²) < 4.78 is 0. The first-order valence-electron chi connectivity index (χ1n) is 5.05. The first-order chi connectivity index (χ1) is 7.27. The number of carbonyl (C=O) groups excluding carboxylic acids is 1. The summed E-state index contributed by atoms with van der Waals surface area (Å²) in [5.41, 5.74) is 1.14. The summed E-state index contributed by atoms with van der Waals surface area (Å²) in [5.74, 6) is -0.231. The maximum atomic E-state index is 11.3. The zero-order valence-corrected chi connectivity index (χ0v) is 8.39. The molecule has 0 aliphatic carbocycles. The zero-order valence-electron chi connectivity index (χ0n) is 8.39. The molecule has 1 aromatic carbocycles. The molecule has 4 heteroatoms. The SMILES string of the molecule is O=C1C(NCc2ccccc2)CCN1O. The Balaban J connectivity index is 1.87. The molecule has 1 heterocycles. The highest BCUT2D eigenvalue weighted by Crippen LogP contribution is 2.09. The molecule has 80 valence electrons. The maximum absolute atomic E-state index is 11.3. The number of hydrogen-bond donors (Lipinski definition) is 2. The third-order valence-electron chi connectivity index (χ3n) is 2.58. The van der Waals surface area contributed by atoms with Gasteiger partial charge in [0.1, 0.15) is 0 Å². The van der Waals surface area contributed by atoms with E-state index < -0.39 is 0 Å². The molecular formula is C11H14N2O2. The van der Waals surface area contributed by atoms with Crippen LogP contribution in [0.4, 0.5) is 0 Å². The summed E-state index contributed by atoms with van der Waals surface area (Å²) in [5, 5.41) is 13.0. The Kier molecular flexibility index (Phi) is 2.99. The van der Waals surface area contributed by atoms with Gasteiger partial charge in [-0.3, -0.25) is 10.0 Å². The van der Waals surface area contributed by atoms with E-state index >= 15 is 0 Å². The quantitative estimate of drug-likeness (QED) is 0.718. The number of nitrogens with one attached hydrogen (secondary N) is 1. The molecule has 1 unspecified atom stereocenters. The van der Waals surface area contributed by atoms with Crippen molar-refractivity contribution in [3.8, 4) is 0 Å². The second-order valence-electron chi connectivity index (χ2n) is 3.67. The van der Waals surface area contributed by atoms with E-state index in [0.717, 1.165) is 10.6 Å². The Morgan fingerprint density at radius 2 is 2.13 bits per heavy atom. The van der Waals surface area contributed by atoms with E-state index in [9.17, 15) is 4.79 Å². The molecular weight excluding hydrogens is 192 g/mol. The van der Waals surface area contributed by atoms with Crippen LogP contribution in [0.5, 0.6) is 0 Å². The number of hydroxylamine groups is 2. The molecule has 0 saturated carbocycles. The summed E-state index contributed by atoms with van der Waals surface area (Å²) in [6, 6.07) is 9.65. The van der Waals surface area contributed by atoms with Crippen molar-refractivity contribution in [1.82, 2.24) is 10.4 Å². The van der Waals surface area contributed by atoms with Gasteiger partial charge in [-0.05, 0) is 12.0 Å². The molecule has 2 rings (SSSR count). The molecule has 0 radical (unpaired) electrons. The molecule has 1 aromatic rings. The summed E-state index contributed by atoms with van der Waals surface area (Å²) >= 11 is 0. The lowest BCUT2D eigenvalue weighted by Gasteiger charge is -2.10. The van der Waals surface area contributed by atoms with Gasteiger partial charge in [0, 0.05) is 6.54 Å². The van der Waals surface area contributed by atoms with Crippen LogP contribution in [0.3, 0.4) is 0 Å². The van der Waals surface area contributed by atoms with Crippen LogP contribution in [0.25, 0.3) is 0 Å².